The lowest BCUT2D eigenvalue weighted by Gasteiger charge is -2.41. The maximum absolute atomic E-state index is 12.8. The summed E-state index contributed by atoms with van der Waals surface area (Å²) in [5.41, 5.74) is 5.33. The Balaban J connectivity index is 1.50. The van der Waals surface area contributed by atoms with Crippen LogP contribution in [0.1, 0.15) is 43.7 Å². The van der Waals surface area contributed by atoms with E-state index in [-0.39, 0.29) is 11.8 Å². The summed E-state index contributed by atoms with van der Waals surface area (Å²) in [7, 11) is 0. The zero-order valence-corrected chi connectivity index (χ0v) is 16.1. The van der Waals surface area contributed by atoms with Crippen LogP contribution in [-0.2, 0) is 11.2 Å². The van der Waals surface area contributed by atoms with E-state index < -0.39 is 0 Å². The molecule has 2 unspecified atom stereocenters. The Morgan fingerprint density at radius 1 is 1.33 bits per heavy atom. The van der Waals surface area contributed by atoms with Gasteiger partial charge in [-0.2, -0.15) is 0 Å². The van der Waals surface area contributed by atoms with E-state index in [9.17, 15) is 4.79 Å². The van der Waals surface area contributed by atoms with E-state index in [1.165, 1.54) is 40.4 Å². The molecule has 0 saturated heterocycles. The van der Waals surface area contributed by atoms with Gasteiger partial charge >= 0.3 is 0 Å². The Bertz CT molecular complexity index is 892. The maximum atomic E-state index is 12.8. The summed E-state index contributed by atoms with van der Waals surface area (Å²) in [5.74, 6) is 0.987. The Kier molecular flexibility index (Phi) is 4.31. The average Bonchev–Trinajstić information content (AvgIpc) is 3.41. The van der Waals surface area contributed by atoms with Gasteiger partial charge in [0.1, 0.15) is 0 Å². The molecule has 0 spiro atoms. The van der Waals surface area contributed by atoms with Crippen LogP contribution in [-0.4, -0.2) is 41.5 Å². The number of amides is 1. The van der Waals surface area contributed by atoms with E-state index >= 15 is 0 Å². The molecular formula is C23H29N3O. The molecule has 2 atom stereocenters. The van der Waals surface area contributed by atoms with Crippen LogP contribution >= 0.6 is 0 Å². The molecule has 1 saturated carbocycles. The molecule has 1 amide bonds. The summed E-state index contributed by atoms with van der Waals surface area (Å²) in [6, 6.07) is 6.95. The highest BCUT2D eigenvalue weighted by Gasteiger charge is 2.39. The first-order valence-electron chi connectivity index (χ1n) is 10.6. The standard InChI is InChI=1S/C23H29N3O/c1-2-3-9-24-23(27)17-10-19-18-5-4-6-20-22(18)16(12-25-20)11-21(19)26(14-17)13-15-7-8-15/h4-6,10,12,15,17,21,25H,2-3,7-9,11,13-14H2,1H3,(H,24,27). The van der Waals surface area contributed by atoms with Crippen LogP contribution in [0.2, 0.25) is 0 Å². The third kappa shape index (κ3) is 3.10. The lowest BCUT2D eigenvalue weighted by atomic mass is 9.79. The van der Waals surface area contributed by atoms with Crippen molar-refractivity contribution in [2.45, 2.75) is 45.1 Å². The predicted octanol–water partition coefficient (Wildman–Crippen LogP) is 3.73. The van der Waals surface area contributed by atoms with Gasteiger partial charge in [-0.1, -0.05) is 31.6 Å². The second kappa shape index (κ2) is 6.83. The second-order valence-corrected chi connectivity index (χ2v) is 8.53. The average molecular weight is 364 g/mol. The molecule has 1 aromatic heterocycles. The van der Waals surface area contributed by atoms with Gasteiger partial charge < -0.3 is 10.3 Å². The van der Waals surface area contributed by atoms with Gasteiger partial charge in [0.05, 0.1) is 5.92 Å². The van der Waals surface area contributed by atoms with Crippen LogP contribution in [0.15, 0.2) is 30.5 Å². The van der Waals surface area contributed by atoms with Crippen molar-refractivity contribution in [1.82, 2.24) is 15.2 Å². The van der Waals surface area contributed by atoms with Gasteiger partial charge in [-0.25, -0.2) is 0 Å². The highest BCUT2D eigenvalue weighted by molar-refractivity contribution is 5.99. The van der Waals surface area contributed by atoms with Gasteiger partial charge in [0.2, 0.25) is 5.91 Å². The van der Waals surface area contributed by atoms with Crippen molar-refractivity contribution >= 4 is 22.4 Å². The van der Waals surface area contributed by atoms with Gasteiger partial charge in [-0.3, -0.25) is 9.69 Å². The molecule has 1 fully saturated rings. The third-order valence-corrected chi connectivity index (χ3v) is 6.48. The Morgan fingerprint density at radius 2 is 2.22 bits per heavy atom. The lowest BCUT2D eigenvalue weighted by molar-refractivity contribution is -0.124. The SMILES string of the molecule is CCCCNC(=O)C1C=C2c3cccc4[nH]cc(c34)CC2N(CC2CC2)C1. The Hall–Kier alpha value is -2.07. The lowest BCUT2D eigenvalue weighted by Crippen LogP contribution is -2.49. The molecule has 4 nitrogen and oxygen atoms in total. The summed E-state index contributed by atoms with van der Waals surface area (Å²) in [4.78, 5) is 18.9. The number of carbonyl (C=O) groups is 1. The fourth-order valence-electron chi connectivity index (χ4n) is 4.84. The number of hydrogen-bond acceptors (Lipinski definition) is 2. The van der Waals surface area contributed by atoms with Crippen molar-refractivity contribution in [3.8, 4) is 0 Å². The number of aromatic nitrogens is 1. The number of nitrogens with one attached hydrogen (secondary N) is 2. The predicted molar refractivity (Wildman–Crippen MR) is 109 cm³/mol. The minimum atomic E-state index is -0.0393. The van der Waals surface area contributed by atoms with E-state index in [2.05, 4.69) is 52.6 Å². The second-order valence-electron chi connectivity index (χ2n) is 8.53. The molecule has 3 aliphatic rings. The topological polar surface area (TPSA) is 48.1 Å². The molecule has 5 rings (SSSR count). The summed E-state index contributed by atoms with van der Waals surface area (Å²) in [5, 5.41) is 4.52. The number of carbonyl (C=O) groups excluding carboxylic acids is 1. The first-order valence-corrected chi connectivity index (χ1v) is 10.6. The summed E-state index contributed by atoms with van der Waals surface area (Å²) >= 11 is 0. The largest absolute Gasteiger partial charge is 0.361 e. The summed E-state index contributed by atoms with van der Waals surface area (Å²) in [6.07, 6.45) is 10.4. The first-order chi connectivity index (χ1) is 13.2. The van der Waals surface area contributed by atoms with Crippen molar-refractivity contribution in [3.05, 3.63) is 41.6 Å². The van der Waals surface area contributed by atoms with Gasteiger partial charge in [0.25, 0.3) is 0 Å². The van der Waals surface area contributed by atoms with Crippen LogP contribution in [0.25, 0.3) is 16.5 Å². The first kappa shape index (κ1) is 17.1. The number of aromatic amines is 1. The molecule has 2 heterocycles. The number of fused-ring (bicyclic) bond motifs is 2. The molecular weight excluding hydrogens is 334 g/mol. The van der Waals surface area contributed by atoms with Crippen molar-refractivity contribution < 1.29 is 4.79 Å². The summed E-state index contributed by atoms with van der Waals surface area (Å²) in [6.45, 7) is 4.95. The van der Waals surface area contributed by atoms with Crippen LogP contribution < -0.4 is 5.32 Å². The minimum Gasteiger partial charge on any atom is -0.361 e. The number of nitrogens with zero attached hydrogens (tertiary/aromatic N) is 1. The quantitative estimate of drug-likeness (QED) is 0.768. The van der Waals surface area contributed by atoms with Crippen LogP contribution in [0.4, 0.5) is 0 Å². The van der Waals surface area contributed by atoms with Crippen molar-refractivity contribution in [2.24, 2.45) is 11.8 Å². The van der Waals surface area contributed by atoms with E-state index in [1.54, 1.807) is 0 Å². The van der Waals surface area contributed by atoms with E-state index in [4.69, 9.17) is 0 Å². The van der Waals surface area contributed by atoms with Crippen LogP contribution in [0, 0.1) is 11.8 Å². The normalized spacial score (nSPS) is 24.6. The molecule has 2 aromatic rings. The van der Waals surface area contributed by atoms with E-state index in [1.807, 2.05) is 0 Å². The Labute approximate surface area is 161 Å². The molecule has 2 aliphatic carbocycles. The minimum absolute atomic E-state index is 0.0393. The highest BCUT2D eigenvalue weighted by atomic mass is 16.1. The number of H-pyrrole nitrogens is 1. The Morgan fingerprint density at radius 3 is 3.04 bits per heavy atom. The van der Waals surface area contributed by atoms with Crippen LogP contribution in [0.3, 0.4) is 0 Å². The summed E-state index contributed by atoms with van der Waals surface area (Å²) < 4.78 is 0. The van der Waals surface area contributed by atoms with E-state index in [0.29, 0.717) is 6.04 Å². The molecule has 142 valence electrons. The number of hydrogen-bond donors (Lipinski definition) is 2. The maximum Gasteiger partial charge on any atom is 0.228 e. The molecule has 1 aromatic carbocycles. The molecule has 4 heteroatoms. The number of unbranched alkanes of at least 4 members (excludes halogenated alkanes) is 1. The van der Waals surface area contributed by atoms with Crippen molar-refractivity contribution in [3.63, 3.8) is 0 Å². The smallest absolute Gasteiger partial charge is 0.228 e. The van der Waals surface area contributed by atoms with Gasteiger partial charge in [0, 0.05) is 42.8 Å². The molecule has 0 bridgehead atoms. The fraction of sp³-hybridized carbons (Fsp3) is 0.522. The van der Waals surface area contributed by atoms with Crippen molar-refractivity contribution in [1.29, 1.82) is 0 Å². The van der Waals surface area contributed by atoms with E-state index in [0.717, 1.165) is 44.8 Å². The molecule has 0 radical (unpaired) electrons. The third-order valence-electron chi connectivity index (χ3n) is 6.48. The van der Waals surface area contributed by atoms with Gasteiger partial charge in [-0.15, -0.1) is 0 Å². The van der Waals surface area contributed by atoms with Crippen molar-refractivity contribution in [2.75, 3.05) is 19.6 Å². The molecule has 1 aliphatic heterocycles. The fourth-order valence-corrected chi connectivity index (χ4v) is 4.84. The zero-order valence-electron chi connectivity index (χ0n) is 16.1. The number of benzene rings is 1. The van der Waals surface area contributed by atoms with Gasteiger partial charge in [0.15, 0.2) is 0 Å². The molecule has 27 heavy (non-hydrogen) atoms. The van der Waals surface area contributed by atoms with Crippen LogP contribution in [0.5, 0.6) is 0 Å². The zero-order chi connectivity index (χ0) is 18.4. The highest BCUT2D eigenvalue weighted by Crippen LogP contribution is 2.42. The van der Waals surface area contributed by atoms with Gasteiger partial charge in [-0.05, 0) is 54.4 Å². The monoisotopic (exact) mass is 363 g/mol. The number of rotatable bonds is 6. The molecule has 2 N–H and O–H groups in total.